The van der Waals surface area contributed by atoms with Gasteiger partial charge in [0.05, 0.1) is 5.69 Å². The fourth-order valence-electron chi connectivity index (χ4n) is 1.69. The van der Waals surface area contributed by atoms with E-state index in [-0.39, 0.29) is 0 Å². The summed E-state index contributed by atoms with van der Waals surface area (Å²) in [6.07, 6.45) is 6.20. The van der Waals surface area contributed by atoms with E-state index in [1.807, 2.05) is 29.0 Å². The topological polar surface area (TPSA) is 29.9 Å². The molecular formula is C12H11BrClN3. The van der Waals surface area contributed by atoms with E-state index < -0.39 is 0 Å². The molecule has 1 saturated carbocycles. The molecule has 0 unspecified atom stereocenters. The highest BCUT2D eigenvalue weighted by Crippen LogP contribution is 2.29. The normalized spacial score (nSPS) is 14.9. The van der Waals surface area contributed by atoms with Gasteiger partial charge in [0.15, 0.2) is 0 Å². The third kappa shape index (κ3) is 2.33. The molecule has 1 aromatic carbocycles. The molecule has 0 aliphatic heterocycles. The van der Waals surface area contributed by atoms with Crippen molar-refractivity contribution >= 4 is 33.5 Å². The van der Waals surface area contributed by atoms with E-state index in [9.17, 15) is 0 Å². The van der Waals surface area contributed by atoms with E-state index in [1.165, 1.54) is 12.8 Å². The quantitative estimate of drug-likeness (QED) is 0.932. The summed E-state index contributed by atoms with van der Waals surface area (Å²) in [5, 5.41) is 4.12. The number of nitrogens with one attached hydrogen (secondary N) is 1. The summed E-state index contributed by atoms with van der Waals surface area (Å²) >= 11 is 9.47. The van der Waals surface area contributed by atoms with Gasteiger partial charge in [-0.25, -0.2) is 4.98 Å². The second-order valence-corrected chi connectivity index (χ2v) is 5.43. The molecule has 5 heteroatoms. The van der Waals surface area contributed by atoms with Crippen molar-refractivity contribution in [3.63, 3.8) is 0 Å². The van der Waals surface area contributed by atoms with Gasteiger partial charge in [-0.1, -0.05) is 11.6 Å². The number of nitrogens with zero attached hydrogens (tertiary/aromatic N) is 2. The monoisotopic (exact) mass is 311 g/mol. The van der Waals surface area contributed by atoms with Crippen molar-refractivity contribution in [2.24, 2.45) is 0 Å². The maximum Gasteiger partial charge on any atom is 0.207 e. The van der Waals surface area contributed by atoms with Gasteiger partial charge < -0.3 is 5.32 Å². The number of anilines is 1. The van der Waals surface area contributed by atoms with E-state index in [0.29, 0.717) is 6.04 Å². The second-order valence-electron chi connectivity index (χ2n) is 4.14. The van der Waals surface area contributed by atoms with Crippen molar-refractivity contribution in [2.75, 3.05) is 5.32 Å². The second kappa shape index (κ2) is 4.35. The zero-order valence-corrected chi connectivity index (χ0v) is 11.4. The van der Waals surface area contributed by atoms with Gasteiger partial charge in [0, 0.05) is 27.9 Å². The van der Waals surface area contributed by atoms with Crippen LogP contribution < -0.4 is 5.32 Å². The lowest BCUT2D eigenvalue weighted by molar-refractivity contribution is 0.998. The fraction of sp³-hybridized carbons (Fsp3) is 0.250. The summed E-state index contributed by atoms with van der Waals surface area (Å²) in [7, 11) is 0. The SMILES string of the molecule is Clc1ccc(-n2ccnc2NC2CC2)c(Br)c1. The molecular weight excluding hydrogens is 302 g/mol. The third-order valence-corrected chi connectivity index (χ3v) is 3.59. The summed E-state index contributed by atoms with van der Waals surface area (Å²) in [4.78, 5) is 4.33. The minimum Gasteiger partial charge on any atom is -0.353 e. The molecule has 1 aliphatic carbocycles. The van der Waals surface area contributed by atoms with Crippen LogP contribution in [0.2, 0.25) is 5.02 Å². The van der Waals surface area contributed by atoms with Crippen molar-refractivity contribution in [1.29, 1.82) is 0 Å². The maximum absolute atomic E-state index is 5.94. The number of rotatable bonds is 3. The molecule has 0 amide bonds. The van der Waals surface area contributed by atoms with Gasteiger partial charge in [0.2, 0.25) is 5.95 Å². The largest absolute Gasteiger partial charge is 0.353 e. The van der Waals surface area contributed by atoms with Crippen molar-refractivity contribution < 1.29 is 0 Å². The first-order chi connectivity index (χ1) is 8.24. The molecule has 0 saturated heterocycles. The zero-order valence-electron chi connectivity index (χ0n) is 9.03. The molecule has 1 heterocycles. The van der Waals surface area contributed by atoms with Crippen molar-refractivity contribution in [2.45, 2.75) is 18.9 Å². The molecule has 88 valence electrons. The lowest BCUT2D eigenvalue weighted by atomic mass is 10.3. The van der Waals surface area contributed by atoms with Crippen molar-refractivity contribution in [3.8, 4) is 5.69 Å². The summed E-state index contributed by atoms with van der Waals surface area (Å²) in [5.74, 6) is 0.885. The van der Waals surface area contributed by atoms with Crippen LogP contribution in [0.1, 0.15) is 12.8 Å². The number of hydrogen-bond donors (Lipinski definition) is 1. The zero-order chi connectivity index (χ0) is 11.8. The predicted octanol–water partition coefficient (Wildman–Crippen LogP) is 3.86. The summed E-state index contributed by atoms with van der Waals surface area (Å²) in [6.45, 7) is 0. The van der Waals surface area contributed by atoms with E-state index in [4.69, 9.17) is 11.6 Å². The fourth-order valence-corrected chi connectivity index (χ4v) is 2.57. The van der Waals surface area contributed by atoms with E-state index in [2.05, 4.69) is 26.2 Å². The van der Waals surface area contributed by atoms with E-state index >= 15 is 0 Å². The smallest absolute Gasteiger partial charge is 0.207 e. The Balaban J connectivity index is 1.99. The Hall–Kier alpha value is -1.00. The van der Waals surface area contributed by atoms with Gasteiger partial charge in [0.25, 0.3) is 0 Å². The molecule has 1 N–H and O–H groups in total. The molecule has 0 radical (unpaired) electrons. The molecule has 3 rings (SSSR count). The number of hydrogen-bond acceptors (Lipinski definition) is 2. The number of halogens is 2. The summed E-state index contributed by atoms with van der Waals surface area (Å²) < 4.78 is 2.99. The number of benzene rings is 1. The molecule has 0 bridgehead atoms. The van der Waals surface area contributed by atoms with Crippen LogP contribution in [0.3, 0.4) is 0 Å². The first-order valence-electron chi connectivity index (χ1n) is 5.49. The maximum atomic E-state index is 5.94. The Kier molecular flexibility index (Phi) is 2.84. The van der Waals surface area contributed by atoms with Crippen LogP contribution in [0.15, 0.2) is 35.1 Å². The van der Waals surface area contributed by atoms with Crippen molar-refractivity contribution in [3.05, 3.63) is 40.1 Å². The van der Waals surface area contributed by atoms with E-state index in [0.717, 1.165) is 21.1 Å². The van der Waals surface area contributed by atoms with E-state index in [1.54, 1.807) is 6.20 Å². The number of aromatic nitrogens is 2. The van der Waals surface area contributed by atoms with Crippen molar-refractivity contribution in [1.82, 2.24) is 9.55 Å². The van der Waals surface area contributed by atoms with Gasteiger partial charge >= 0.3 is 0 Å². The van der Waals surface area contributed by atoms with Crippen LogP contribution in [0, 0.1) is 0 Å². The molecule has 3 nitrogen and oxygen atoms in total. The Bertz CT molecular complexity index is 548. The first-order valence-corrected chi connectivity index (χ1v) is 6.66. The van der Waals surface area contributed by atoms with Crippen LogP contribution in [0.5, 0.6) is 0 Å². The Morgan fingerprint density at radius 2 is 2.24 bits per heavy atom. The molecule has 1 aliphatic rings. The van der Waals surface area contributed by atoms with Crippen LogP contribution >= 0.6 is 27.5 Å². The highest BCUT2D eigenvalue weighted by Gasteiger charge is 2.23. The average molecular weight is 313 g/mol. The molecule has 1 fully saturated rings. The van der Waals surface area contributed by atoms with Gasteiger partial charge in [-0.15, -0.1) is 0 Å². The minimum absolute atomic E-state index is 0.585. The molecule has 17 heavy (non-hydrogen) atoms. The highest BCUT2D eigenvalue weighted by molar-refractivity contribution is 9.10. The van der Waals surface area contributed by atoms with Gasteiger partial charge in [-0.3, -0.25) is 4.57 Å². The lowest BCUT2D eigenvalue weighted by Gasteiger charge is -2.11. The third-order valence-electron chi connectivity index (χ3n) is 2.72. The van der Waals surface area contributed by atoms with Crippen LogP contribution in [0.25, 0.3) is 5.69 Å². The minimum atomic E-state index is 0.585. The standard InChI is InChI=1S/C12H11BrClN3/c13-10-7-8(14)1-4-11(10)17-6-5-15-12(17)16-9-2-3-9/h1,4-7,9H,2-3H2,(H,15,16). The Labute approximate surface area is 113 Å². The first kappa shape index (κ1) is 11.1. The highest BCUT2D eigenvalue weighted by atomic mass is 79.9. The predicted molar refractivity (Wildman–Crippen MR) is 72.9 cm³/mol. The molecule has 0 spiro atoms. The van der Waals surface area contributed by atoms with Crippen LogP contribution in [-0.2, 0) is 0 Å². The van der Waals surface area contributed by atoms with Gasteiger partial charge in [-0.2, -0.15) is 0 Å². The molecule has 0 atom stereocenters. The van der Waals surface area contributed by atoms with Gasteiger partial charge in [-0.05, 0) is 47.0 Å². The Morgan fingerprint density at radius 1 is 1.41 bits per heavy atom. The Morgan fingerprint density at radius 3 is 2.94 bits per heavy atom. The summed E-state index contributed by atoms with van der Waals surface area (Å²) in [5.41, 5.74) is 1.04. The van der Waals surface area contributed by atoms with Crippen LogP contribution in [0.4, 0.5) is 5.95 Å². The van der Waals surface area contributed by atoms with Crippen LogP contribution in [-0.4, -0.2) is 15.6 Å². The molecule has 1 aromatic heterocycles. The lowest BCUT2D eigenvalue weighted by Crippen LogP contribution is -2.07. The molecule has 2 aromatic rings. The number of imidazole rings is 1. The average Bonchev–Trinajstić information content (AvgIpc) is 2.97. The van der Waals surface area contributed by atoms with Gasteiger partial charge in [0.1, 0.15) is 0 Å². The summed E-state index contributed by atoms with van der Waals surface area (Å²) in [6, 6.07) is 6.33.